The Labute approximate surface area is 162 Å². The third-order valence-corrected chi connectivity index (χ3v) is 5.78. The maximum atomic E-state index is 13.0. The zero-order chi connectivity index (χ0) is 18.4. The minimum absolute atomic E-state index is 0.0681. The quantitative estimate of drug-likeness (QED) is 0.870. The molecule has 1 N–H and O–H groups in total. The van der Waals surface area contributed by atoms with Crippen molar-refractivity contribution < 1.29 is 4.79 Å². The highest BCUT2D eigenvalue weighted by Gasteiger charge is 2.39. The first-order chi connectivity index (χ1) is 12.5. The predicted octanol–water partition coefficient (Wildman–Crippen LogP) is 2.99. The van der Waals surface area contributed by atoms with Crippen LogP contribution in [0.2, 0.25) is 10.0 Å². The summed E-state index contributed by atoms with van der Waals surface area (Å²) >= 11 is 12.7. The lowest BCUT2D eigenvalue weighted by Crippen LogP contribution is -2.32. The van der Waals surface area contributed by atoms with E-state index in [4.69, 9.17) is 23.2 Å². The van der Waals surface area contributed by atoms with E-state index >= 15 is 0 Å². The van der Waals surface area contributed by atoms with E-state index in [0.29, 0.717) is 33.4 Å². The van der Waals surface area contributed by atoms with E-state index in [2.05, 4.69) is 15.4 Å². The lowest BCUT2D eigenvalue weighted by Gasteiger charge is -2.15. The van der Waals surface area contributed by atoms with Crippen molar-refractivity contribution in [3.8, 4) is 5.69 Å². The van der Waals surface area contributed by atoms with Crippen molar-refractivity contribution in [3.63, 3.8) is 0 Å². The first-order valence-corrected chi connectivity index (χ1v) is 9.62. The molecule has 4 rings (SSSR count). The number of para-hydroxylation sites is 1. The van der Waals surface area contributed by atoms with Crippen molar-refractivity contribution in [1.29, 1.82) is 0 Å². The van der Waals surface area contributed by atoms with Crippen molar-refractivity contribution in [2.24, 2.45) is 11.8 Å². The molecule has 26 heavy (non-hydrogen) atoms. The van der Waals surface area contributed by atoms with E-state index in [1.807, 2.05) is 18.7 Å². The highest BCUT2D eigenvalue weighted by Crippen LogP contribution is 2.31. The number of nitrogens with zero attached hydrogens (tertiary/aromatic N) is 4. The average Bonchev–Trinajstić information content (AvgIpc) is 3.28. The van der Waals surface area contributed by atoms with Gasteiger partial charge in [0.1, 0.15) is 11.5 Å². The SMILES string of the molecule is CC(C)c1nc(C(=O)N2C[C@H]3CNC[C@H]3C2)nn1-c1c(Cl)cccc1Cl. The van der Waals surface area contributed by atoms with Gasteiger partial charge in [0.25, 0.3) is 5.91 Å². The highest BCUT2D eigenvalue weighted by molar-refractivity contribution is 6.37. The predicted molar refractivity (Wildman–Crippen MR) is 101 cm³/mol. The maximum absolute atomic E-state index is 13.0. The summed E-state index contributed by atoms with van der Waals surface area (Å²) in [6.07, 6.45) is 0. The van der Waals surface area contributed by atoms with Crippen LogP contribution in [0.1, 0.15) is 36.2 Å². The average molecular weight is 394 g/mol. The van der Waals surface area contributed by atoms with Gasteiger partial charge in [0.05, 0.1) is 10.0 Å². The fraction of sp³-hybridized carbons (Fsp3) is 0.500. The second kappa shape index (κ2) is 6.83. The van der Waals surface area contributed by atoms with Gasteiger partial charge in [0.2, 0.25) is 5.82 Å². The molecular weight excluding hydrogens is 373 g/mol. The molecule has 0 saturated carbocycles. The molecule has 3 heterocycles. The van der Waals surface area contributed by atoms with Crippen LogP contribution in [0.3, 0.4) is 0 Å². The van der Waals surface area contributed by atoms with Crippen LogP contribution in [-0.4, -0.2) is 51.8 Å². The lowest BCUT2D eigenvalue weighted by molar-refractivity contribution is 0.0769. The fourth-order valence-electron chi connectivity index (χ4n) is 3.81. The zero-order valence-electron chi connectivity index (χ0n) is 14.7. The molecule has 0 radical (unpaired) electrons. The summed E-state index contributed by atoms with van der Waals surface area (Å²) in [5.74, 6) is 1.89. The molecule has 2 fully saturated rings. The first kappa shape index (κ1) is 17.8. The molecule has 1 amide bonds. The molecule has 2 saturated heterocycles. The van der Waals surface area contributed by atoms with Crippen LogP contribution in [0.25, 0.3) is 5.69 Å². The number of benzene rings is 1. The Morgan fingerprint density at radius 2 is 1.81 bits per heavy atom. The number of nitrogens with one attached hydrogen (secondary N) is 1. The monoisotopic (exact) mass is 393 g/mol. The molecule has 8 heteroatoms. The summed E-state index contributed by atoms with van der Waals surface area (Å²) in [7, 11) is 0. The molecule has 138 valence electrons. The smallest absolute Gasteiger partial charge is 0.293 e. The summed E-state index contributed by atoms with van der Waals surface area (Å²) in [4.78, 5) is 19.4. The van der Waals surface area contributed by atoms with Gasteiger partial charge in [-0.25, -0.2) is 9.67 Å². The highest BCUT2D eigenvalue weighted by atomic mass is 35.5. The van der Waals surface area contributed by atoms with Gasteiger partial charge >= 0.3 is 0 Å². The first-order valence-electron chi connectivity index (χ1n) is 8.87. The number of hydrogen-bond acceptors (Lipinski definition) is 4. The largest absolute Gasteiger partial charge is 0.335 e. The molecule has 0 bridgehead atoms. The third-order valence-electron chi connectivity index (χ3n) is 5.17. The van der Waals surface area contributed by atoms with Gasteiger partial charge in [-0.15, -0.1) is 5.10 Å². The molecule has 1 aromatic heterocycles. The van der Waals surface area contributed by atoms with Crippen molar-refractivity contribution in [1.82, 2.24) is 25.0 Å². The lowest BCUT2D eigenvalue weighted by atomic mass is 10.0. The van der Waals surface area contributed by atoms with E-state index in [-0.39, 0.29) is 17.6 Å². The molecule has 0 aliphatic carbocycles. The van der Waals surface area contributed by atoms with Crippen LogP contribution in [0.15, 0.2) is 18.2 Å². The van der Waals surface area contributed by atoms with Gasteiger partial charge < -0.3 is 10.2 Å². The Bertz CT molecular complexity index is 818. The number of carbonyl (C=O) groups excluding carboxylic acids is 1. The van der Waals surface area contributed by atoms with Crippen molar-refractivity contribution >= 4 is 29.1 Å². The number of hydrogen-bond donors (Lipinski definition) is 1. The van der Waals surface area contributed by atoms with Gasteiger partial charge in [-0.1, -0.05) is 43.1 Å². The fourth-order valence-corrected chi connectivity index (χ4v) is 4.36. The number of halogens is 2. The van der Waals surface area contributed by atoms with Crippen LogP contribution >= 0.6 is 23.2 Å². The number of rotatable bonds is 3. The molecule has 1 aromatic carbocycles. The third kappa shape index (κ3) is 3.00. The number of likely N-dealkylation sites (tertiary alicyclic amines) is 1. The summed E-state index contributed by atoms with van der Waals surface area (Å²) in [6, 6.07) is 5.29. The summed E-state index contributed by atoms with van der Waals surface area (Å²) in [6.45, 7) is 7.48. The van der Waals surface area contributed by atoms with Gasteiger partial charge in [-0.2, -0.15) is 0 Å². The number of carbonyl (C=O) groups is 1. The van der Waals surface area contributed by atoms with Crippen molar-refractivity contribution in [3.05, 3.63) is 39.9 Å². The normalized spacial score (nSPS) is 22.3. The molecule has 0 unspecified atom stereocenters. The van der Waals surface area contributed by atoms with Crippen LogP contribution < -0.4 is 5.32 Å². The summed E-state index contributed by atoms with van der Waals surface area (Å²) in [5.41, 5.74) is 0.563. The van der Waals surface area contributed by atoms with Gasteiger partial charge in [-0.05, 0) is 24.0 Å². The van der Waals surface area contributed by atoms with Crippen molar-refractivity contribution in [2.45, 2.75) is 19.8 Å². The maximum Gasteiger partial charge on any atom is 0.293 e. The van der Waals surface area contributed by atoms with Gasteiger partial charge in [0.15, 0.2) is 0 Å². The molecule has 2 aliphatic rings. The summed E-state index contributed by atoms with van der Waals surface area (Å²) in [5, 5.41) is 8.83. The second-order valence-corrected chi connectivity index (χ2v) is 8.13. The topological polar surface area (TPSA) is 63.1 Å². The second-order valence-electron chi connectivity index (χ2n) is 7.32. The van der Waals surface area contributed by atoms with E-state index in [1.165, 1.54) is 0 Å². The van der Waals surface area contributed by atoms with E-state index < -0.39 is 0 Å². The minimum Gasteiger partial charge on any atom is -0.335 e. The Morgan fingerprint density at radius 1 is 1.19 bits per heavy atom. The minimum atomic E-state index is -0.122. The van der Waals surface area contributed by atoms with E-state index in [9.17, 15) is 4.79 Å². The van der Waals surface area contributed by atoms with Crippen LogP contribution in [0, 0.1) is 11.8 Å². The molecular formula is C18H21Cl2N5O. The van der Waals surface area contributed by atoms with Crippen LogP contribution in [0.4, 0.5) is 0 Å². The molecule has 0 spiro atoms. The van der Waals surface area contributed by atoms with E-state index in [0.717, 1.165) is 26.2 Å². The van der Waals surface area contributed by atoms with Gasteiger partial charge in [-0.3, -0.25) is 4.79 Å². The Hall–Kier alpha value is -1.63. The Kier molecular flexibility index (Phi) is 4.67. The zero-order valence-corrected chi connectivity index (χ0v) is 16.3. The molecule has 6 nitrogen and oxygen atoms in total. The number of amides is 1. The molecule has 2 aromatic rings. The Balaban J connectivity index is 1.69. The van der Waals surface area contributed by atoms with Gasteiger partial charge in [0, 0.05) is 32.1 Å². The standard InChI is InChI=1S/C18H21Cl2N5O/c1-10(2)17-22-16(18(26)24-8-11-6-21-7-12(11)9-24)23-25(17)15-13(19)4-3-5-14(15)20/h3-5,10-12,21H,6-9H2,1-2H3/t11-,12+. The summed E-state index contributed by atoms with van der Waals surface area (Å²) < 4.78 is 1.61. The van der Waals surface area contributed by atoms with Crippen LogP contribution in [-0.2, 0) is 0 Å². The molecule has 2 aliphatic heterocycles. The van der Waals surface area contributed by atoms with Crippen LogP contribution in [0.5, 0.6) is 0 Å². The number of aromatic nitrogens is 3. The van der Waals surface area contributed by atoms with Crippen molar-refractivity contribution in [2.75, 3.05) is 26.2 Å². The Morgan fingerprint density at radius 3 is 2.38 bits per heavy atom. The van der Waals surface area contributed by atoms with E-state index in [1.54, 1.807) is 22.9 Å². The molecule has 2 atom stereocenters. The number of fused-ring (bicyclic) bond motifs is 1.